The topological polar surface area (TPSA) is 66.5 Å². The maximum absolute atomic E-state index is 12.2. The number of sulfone groups is 1. The molecule has 1 heterocycles. The van der Waals surface area contributed by atoms with E-state index in [1.807, 2.05) is 0 Å². The van der Waals surface area contributed by atoms with E-state index in [1.54, 1.807) is 4.90 Å². The summed E-state index contributed by atoms with van der Waals surface area (Å²) in [5.41, 5.74) is 0. The summed E-state index contributed by atoms with van der Waals surface area (Å²) in [7, 11) is -3.24. The highest BCUT2D eigenvalue weighted by molar-refractivity contribution is 7.92. The van der Waals surface area contributed by atoms with Crippen LogP contribution in [0.5, 0.6) is 0 Å². The molecule has 1 aliphatic heterocycles. The average Bonchev–Trinajstić information content (AvgIpc) is 3.00. The molecule has 21 heavy (non-hydrogen) atoms. The van der Waals surface area contributed by atoms with Crippen molar-refractivity contribution in [2.45, 2.75) is 50.7 Å². The first kappa shape index (κ1) is 16.7. The predicted molar refractivity (Wildman–Crippen MR) is 83.9 cm³/mol. The third-order valence-corrected chi connectivity index (χ3v) is 6.92. The van der Waals surface area contributed by atoms with Crippen LogP contribution >= 0.6 is 0 Å². The Hall–Kier alpha value is -0.620. The van der Waals surface area contributed by atoms with Crippen LogP contribution in [0.2, 0.25) is 0 Å². The normalized spacial score (nSPS) is 21.9. The Kier molecular flexibility index (Phi) is 6.05. The van der Waals surface area contributed by atoms with E-state index in [2.05, 4.69) is 12.2 Å². The molecule has 0 bridgehead atoms. The van der Waals surface area contributed by atoms with E-state index >= 15 is 0 Å². The van der Waals surface area contributed by atoms with Gasteiger partial charge in [0.2, 0.25) is 5.91 Å². The van der Waals surface area contributed by atoms with Crippen molar-refractivity contribution in [3.63, 3.8) is 0 Å². The molecule has 6 heteroatoms. The van der Waals surface area contributed by atoms with Crippen LogP contribution in [0.4, 0.5) is 0 Å². The predicted octanol–water partition coefficient (Wildman–Crippen LogP) is 1.19. The molecular weight excluding hydrogens is 288 g/mol. The van der Waals surface area contributed by atoms with Gasteiger partial charge in [-0.15, -0.1) is 0 Å². The van der Waals surface area contributed by atoms with E-state index in [4.69, 9.17) is 0 Å². The van der Waals surface area contributed by atoms with Crippen molar-refractivity contribution in [2.24, 2.45) is 5.92 Å². The van der Waals surface area contributed by atoms with Crippen LogP contribution < -0.4 is 5.32 Å². The lowest BCUT2D eigenvalue weighted by Crippen LogP contribution is -2.44. The van der Waals surface area contributed by atoms with Crippen molar-refractivity contribution in [1.82, 2.24) is 10.2 Å². The van der Waals surface area contributed by atoms with Gasteiger partial charge in [0.1, 0.15) is 5.75 Å². The van der Waals surface area contributed by atoms with Crippen LogP contribution in [-0.4, -0.2) is 56.4 Å². The number of carbonyl (C=O) groups is 1. The van der Waals surface area contributed by atoms with Crippen molar-refractivity contribution >= 4 is 15.7 Å². The van der Waals surface area contributed by atoms with Crippen molar-refractivity contribution in [3.05, 3.63) is 0 Å². The van der Waals surface area contributed by atoms with Crippen molar-refractivity contribution in [1.29, 1.82) is 0 Å². The third kappa shape index (κ3) is 4.68. The first-order chi connectivity index (χ1) is 10.0. The van der Waals surface area contributed by atoms with E-state index in [0.29, 0.717) is 19.0 Å². The summed E-state index contributed by atoms with van der Waals surface area (Å²) >= 11 is 0. The fraction of sp³-hybridized carbons (Fsp3) is 0.933. The third-order valence-electron chi connectivity index (χ3n) is 4.78. The number of piperidine rings is 1. The number of nitrogens with one attached hydrogen (secondary N) is 1. The minimum atomic E-state index is -3.24. The summed E-state index contributed by atoms with van der Waals surface area (Å²) in [6.07, 6.45) is 5.38. The standard InChI is InChI=1S/C15H28N2O3S/c1-2-16-11-13-7-9-17(10-8-13)15(18)12-21(19,20)14-5-3-4-6-14/h13-14,16H,2-12H2,1H3. The van der Waals surface area contributed by atoms with Crippen molar-refractivity contribution in [2.75, 3.05) is 31.9 Å². The summed E-state index contributed by atoms with van der Waals surface area (Å²) in [4.78, 5) is 14.0. The Balaban J connectivity index is 1.79. The van der Waals surface area contributed by atoms with E-state index in [9.17, 15) is 13.2 Å². The Labute approximate surface area is 128 Å². The molecule has 0 aromatic carbocycles. The second kappa shape index (κ2) is 7.58. The number of hydrogen-bond donors (Lipinski definition) is 1. The lowest BCUT2D eigenvalue weighted by Gasteiger charge is -2.32. The van der Waals surface area contributed by atoms with Gasteiger partial charge in [-0.25, -0.2) is 8.42 Å². The molecule has 1 N–H and O–H groups in total. The van der Waals surface area contributed by atoms with Gasteiger partial charge in [0.15, 0.2) is 9.84 Å². The number of likely N-dealkylation sites (tertiary alicyclic amines) is 1. The fourth-order valence-electron chi connectivity index (χ4n) is 3.36. The van der Waals surface area contributed by atoms with Crippen molar-refractivity contribution in [3.8, 4) is 0 Å². The maximum atomic E-state index is 12.2. The molecule has 1 saturated carbocycles. The Morgan fingerprint density at radius 2 is 1.76 bits per heavy atom. The van der Waals surface area contributed by atoms with Crippen molar-refractivity contribution < 1.29 is 13.2 Å². The molecule has 0 radical (unpaired) electrons. The first-order valence-corrected chi connectivity index (χ1v) is 9.94. The smallest absolute Gasteiger partial charge is 0.237 e. The van der Waals surface area contributed by atoms with E-state index < -0.39 is 9.84 Å². The van der Waals surface area contributed by atoms with Crippen LogP contribution in [0.15, 0.2) is 0 Å². The van der Waals surface area contributed by atoms with Gasteiger partial charge in [0, 0.05) is 13.1 Å². The highest BCUT2D eigenvalue weighted by Gasteiger charge is 2.33. The Bertz CT molecular complexity index is 436. The van der Waals surface area contributed by atoms with Crippen LogP contribution in [0, 0.1) is 5.92 Å². The zero-order valence-electron chi connectivity index (χ0n) is 13.0. The second-order valence-corrected chi connectivity index (χ2v) is 8.63. The second-order valence-electron chi connectivity index (χ2n) is 6.35. The molecule has 0 spiro atoms. The number of carbonyl (C=O) groups excluding carboxylic acids is 1. The molecule has 2 fully saturated rings. The van der Waals surface area contributed by atoms with Crippen LogP contribution in [-0.2, 0) is 14.6 Å². The molecule has 0 atom stereocenters. The van der Waals surface area contributed by atoms with Gasteiger partial charge in [-0.3, -0.25) is 4.79 Å². The molecule has 1 aliphatic carbocycles. The van der Waals surface area contributed by atoms with E-state index in [-0.39, 0.29) is 16.9 Å². The summed E-state index contributed by atoms with van der Waals surface area (Å²) < 4.78 is 24.5. The number of rotatable bonds is 6. The van der Waals surface area contributed by atoms with Crippen LogP contribution in [0.25, 0.3) is 0 Å². The van der Waals surface area contributed by atoms with Gasteiger partial charge < -0.3 is 10.2 Å². The maximum Gasteiger partial charge on any atom is 0.237 e. The summed E-state index contributed by atoms with van der Waals surface area (Å²) in [5, 5.41) is 3.07. The summed E-state index contributed by atoms with van der Waals surface area (Å²) in [6, 6.07) is 0. The molecule has 1 saturated heterocycles. The van der Waals surface area contributed by atoms with Gasteiger partial charge in [-0.2, -0.15) is 0 Å². The van der Waals surface area contributed by atoms with Gasteiger partial charge >= 0.3 is 0 Å². The van der Waals surface area contributed by atoms with Gasteiger partial charge in [-0.1, -0.05) is 19.8 Å². The quantitative estimate of drug-likeness (QED) is 0.799. The molecule has 0 aromatic heterocycles. The zero-order chi connectivity index (χ0) is 15.3. The number of hydrogen-bond acceptors (Lipinski definition) is 4. The van der Waals surface area contributed by atoms with Gasteiger partial charge in [-0.05, 0) is 44.7 Å². The molecular formula is C15H28N2O3S. The Morgan fingerprint density at radius 1 is 1.14 bits per heavy atom. The summed E-state index contributed by atoms with van der Waals surface area (Å²) in [6.45, 7) is 5.47. The Morgan fingerprint density at radius 3 is 2.33 bits per heavy atom. The molecule has 0 unspecified atom stereocenters. The lowest BCUT2D eigenvalue weighted by atomic mass is 9.97. The van der Waals surface area contributed by atoms with Gasteiger partial charge in [0.05, 0.1) is 5.25 Å². The first-order valence-electron chi connectivity index (χ1n) is 8.23. The minimum Gasteiger partial charge on any atom is -0.342 e. The van der Waals surface area contributed by atoms with Crippen LogP contribution in [0.3, 0.4) is 0 Å². The van der Waals surface area contributed by atoms with E-state index in [0.717, 1.165) is 51.6 Å². The fourth-order valence-corrected chi connectivity index (χ4v) is 5.18. The lowest BCUT2D eigenvalue weighted by molar-refractivity contribution is -0.129. The molecule has 2 rings (SSSR count). The number of amides is 1. The SMILES string of the molecule is CCNCC1CCN(C(=O)CS(=O)(=O)C2CCCC2)CC1. The monoisotopic (exact) mass is 316 g/mol. The van der Waals surface area contributed by atoms with Crippen LogP contribution in [0.1, 0.15) is 45.4 Å². The van der Waals surface area contributed by atoms with Gasteiger partial charge in [0.25, 0.3) is 0 Å². The number of nitrogens with zero attached hydrogens (tertiary/aromatic N) is 1. The molecule has 122 valence electrons. The largest absolute Gasteiger partial charge is 0.342 e. The summed E-state index contributed by atoms with van der Waals surface area (Å²) in [5.74, 6) is 0.138. The molecule has 5 nitrogen and oxygen atoms in total. The highest BCUT2D eigenvalue weighted by atomic mass is 32.2. The highest BCUT2D eigenvalue weighted by Crippen LogP contribution is 2.26. The molecule has 0 aromatic rings. The average molecular weight is 316 g/mol. The minimum absolute atomic E-state index is 0.191. The molecule has 1 amide bonds. The zero-order valence-corrected chi connectivity index (χ0v) is 13.8. The van der Waals surface area contributed by atoms with E-state index in [1.165, 1.54) is 0 Å². The molecule has 2 aliphatic rings.